The number of carbonyl (C=O) groups is 3. The number of epoxide rings is 1. The Hall–Kier alpha value is 2.16. The molecule has 0 unspecified atom stereocenters. The van der Waals surface area contributed by atoms with Crippen molar-refractivity contribution < 1.29 is 97.7 Å². The molecule has 0 aliphatic carbocycles. The van der Waals surface area contributed by atoms with Gasteiger partial charge in [-0.05, 0) is 39.5 Å². The van der Waals surface area contributed by atoms with Crippen LogP contribution in [0.5, 0.6) is 0 Å². The number of carboxylic acid groups (broad SMARTS) is 1. The number of aliphatic hydroxyl groups excluding tert-OH is 3. The van der Waals surface area contributed by atoms with Crippen LogP contribution in [0.15, 0.2) is 0 Å². The normalized spacial score (nSPS) is 14.8. The fourth-order valence-corrected chi connectivity index (χ4v) is 2.32. The number of hydrogen-bond acceptors (Lipinski definition) is 15. The molecule has 5 atom stereocenters. The van der Waals surface area contributed by atoms with E-state index in [4.69, 9.17) is 25.2 Å². The molecule has 0 aromatic carbocycles. The number of aliphatic carboxylic acids is 1. The summed E-state index contributed by atoms with van der Waals surface area (Å²) in [5, 5.41) is 32.4. The zero-order chi connectivity index (χ0) is 36.1. The SMILES string of the molecule is C.CI.COC(=O)[C@H](C)O.COC(=O)[C@H](C)OS(C)(=O)=O.C[C@@H](CO)OS(C)(=O)=O.C[C@@H]1CO1.C[C@H](O)C(=O)O.[I][V]([I])[I].[V]. The largest absolute Gasteiger partial charge is 0 e. The van der Waals surface area contributed by atoms with Gasteiger partial charge in [0.05, 0.1) is 52.2 Å². The first-order valence-electron chi connectivity index (χ1n) is 11.2. The molecule has 1 aliphatic heterocycles. The van der Waals surface area contributed by atoms with E-state index in [0.717, 1.165) is 26.2 Å². The number of halogens is 4. The van der Waals surface area contributed by atoms with Crippen molar-refractivity contribution in [3.05, 3.63) is 0 Å². The topological polar surface area (TPSA) is 250 Å². The average Bonchev–Trinajstić information content (AvgIpc) is 3.65. The van der Waals surface area contributed by atoms with Crippen LogP contribution in [-0.2, 0) is 80.7 Å². The smallest absolute Gasteiger partial charge is 0 e. The third kappa shape index (κ3) is 81.9. The summed E-state index contributed by atoms with van der Waals surface area (Å²) >= 11 is 9.54. The summed E-state index contributed by atoms with van der Waals surface area (Å²) in [5.41, 5.74) is 0. The van der Waals surface area contributed by atoms with Gasteiger partial charge in [0.2, 0.25) is 0 Å². The monoisotopic (exact) mass is 1230 g/mol. The van der Waals surface area contributed by atoms with Crippen LogP contribution in [0.1, 0.15) is 42.0 Å². The number of hydrogen-bond donors (Lipinski definition) is 4. The van der Waals surface area contributed by atoms with Crippen molar-refractivity contribution in [3.8, 4) is 0 Å². The number of carbonyl (C=O) groups excluding carboxylic acids is 2. The molecule has 1 fully saturated rings. The zero-order valence-electron chi connectivity index (χ0n) is 25.7. The number of rotatable bonds is 8. The molecular weight excluding hydrogens is 1180 g/mol. The van der Waals surface area contributed by atoms with E-state index < -0.39 is 62.6 Å². The van der Waals surface area contributed by atoms with Crippen molar-refractivity contribution in [2.75, 3.05) is 44.9 Å². The van der Waals surface area contributed by atoms with E-state index in [1.807, 2.05) is 4.93 Å². The standard InChI is InChI=1S/C5H10O5S.C4H10O4S.C4H8O3.C3H6O3.C3H6O.CH3I.CH4.3HI.2V/c1-4(5(6)9-2)10-11(3,7)8;1-4(3-5)8-9(2,6)7;1-3(5)4(6)7-2;1-2(4)3(5)6;1-3-2-4-3;1-2;;;;;;/h4H,1-3H3;4-5H,3H2,1-2H3;3,5H,1-2H3;2,4H,1H3,(H,5,6);3H,2H2,1H3;1H3;1H4;3*1H;;/q;;;;;;;;;;;+3/p-3/t2*4-;3-;2-;3-;;;;;;;/m00001......./s1. The summed E-state index contributed by atoms with van der Waals surface area (Å²) in [6, 6.07) is 0. The molecule has 0 bridgehead atoms. The van der Waals surface area contributed by atoms with Crippen LogP contribution in [0.4, 0.5) is 0 Å². The molecule has 277 valence electrons. The van der Waals surface area contributed by atoms with Gasteiger partial charge in [-0.3, -0.25) is 8.37 Å². The van der Waals surface area contributed by atoms with Crippen molar-refractivity contribution in [2.45, 2.75) is 72.6 Å². The van der Waals surface area contributed by atoms with Crippen molar-refractivity contribution in [1.29, 1.82) is 0 Å². The fraction of sp³-hybridized carbons (Fsp3) is 0.857. The summed E-state index contributed by atoms with van der Waals surface area (Å²) in [6.07, 6.45) is -1.55. The number of alkyl halides is 1. The molecule has 0 spiro atoms. The third-order valence-corrected chi connectivity index (χ3v) is 4.16. The van der Waals surface area contributed by atoms with Crippen LogP contribution in [-0.4, -0.2) is 131 Å². The molecule has 1 radical (unpaired) electrons. The molecule has 0 saturated carbocycles. The van der Waals surface area contributed by atoms with Crippen LogP contribution in [0.2, 0.25) is 0 Å². The van der Waals surface area contributed by atoms with Crippen molar-refractivity contribution >= 4 is 121 Å². The second-order valence-electron chi connectivity index (χ2n) is 7.31. The minimum Gasteiger partial charge on any atom is 0 e. The minimum absolute atomic E-state index is 0. The second-order valence-corrected chi connectivity index (χ2v) is 45.9. The van der Waals surface area contributed by atoms with Crippen molar-refractivity contribution in [1.82, 2.24) is 0 Å². The van der Waals surface area contributed by atoms with E-state index in [0.29, 0.717) is 6.10 Å². The summed E-state index contributed by atoms with van der Waals surface area (Å²) in [7, 11) is -4.59. The second kappa shape index (κ2) is 40.6. The molecule has 1 saturated heterocycles. The van der Waals surface area contributed by atoms with E-state index in [2.05, 4.69) is 107 Å². The molecule has 4 N–H and O–H groups in total. The molecule has 1 rings (SSSR count). The van der Waals surface area contributed by atoms with Crippen LogP contribution >= 0.6 is 82.5 Å². The number of aliphatic hydroxyl groups is 3. The van der Waals surface area contributed by atoms with Crippen LogP contribution < -0.4 is 0 Å². The quantitative estimate of drug-likeness (QED) is 0.0897. The van der Waals surface area contributed by atoms with Crippen molar-refractivity contribution in [3.63, 3.8) is 0 Å². The van der Waals surface area contributed by atoms with Crippen LogP contribution in [0.25, 0.3) is 0 Å². The van der Waals surface area contributed by atoms with E-state index >= 15 is 0 Å². The first kappa shape index (κ1) is 65.5. The summed E-state index contributed by atoms with van der Waals surface area (Å²) in [6.45, 7) is 8.08. The maximum Gasteiger partial charge on any atom is 0 e. The Balaban J connectivity index is -0.0000000614. The Kier molecular flexibility index (Phi) is 59.1. The van der Waals surface area contributed by atoms with E-state index in [-0.39, 0.29) is 37.5 Å². The molecule has 0 aromatic heterocycles. The molecule has 1 aliphatic rings. The molecule has 24 heteroatoms. The van der Waals surface area contributed by atoms with E-state index in [9.17, 15) is 31.2 Å². The van der Waals surface area contributed by atoms with Gasteiger partial charge in [-0.15, -0.1) is 0 Å². The molecule has 0 amide bonds. The zero-order valence-corrected chi connectivity index (χ0v) is 38.8. The summed E-state index contributed by atoms with van der Waals surface area (Å²) in [4.78, 5) is 31.8. The molecule has 16 nitrogen and oxygen atoms in total. The maximum absolute atomic E-state index is 10.6. The molecular formula is C21H47I4O16S2V2. The summed E-state index contributed by atoms with van der Waals surface area (Å²) < 4.78 is 63.1. The number of esters is 2. The van der Waals surface area contributed by atoms with Gasteiger partial charge in [-0.1, -0.05) is 30.0 Å². The van der Waals surface area contributed by atoms with Crippen LogP contribution in [0, 0.1) is 0 Å². The predicted molar refractivity (Wildman–Crippen MR) is 197 cm³/mol. The average molecular weight is 1230 g/mol. The maximum atomic E-state index is 10.6. The Bertz CT molecular complexity index is 906. The molecule has 0 aromatic rings. The minimum atomic E-state index is -3.58. The van der Waals surface area contributed by atoms with Gasteiger partial charge in [0.1, 0.15) is 12.2 Å². The van der Waals surface area contributed by atoms with Gasteiger partial charge >= 0.3 is 82.8 Å². The van der Waals surface area contributed by atoms with Gasteiger partial charge in [-0.25, -0.2) is 14.4 Å². The molecule has 1 heterocycles. The Morgan fingerprint density at radius 2 is 1.13 bits per heavy atom. The summed E-state index contributed by atoms with van der Waals surface area (Å²) in [5.74, 6) is -2.49. The van der Waals surface area contributed by atoms with Crippen LogP contribution in [0.3, 0.4) is 0 Å². The van der Waals surface area contributed by atoms with Crippen molar-refractivity contribution in [2.24, 2.45) is 0 Å². The van der Waals surface area contributed by atoms with E-state index in [1.165, 1.54) is 34.8 Å². The Labute approximate surface area is 331 Å². The Morgan fingerprint density at radius 1 is 0.867 bits per heavy atom. The van der Waals surface area contributed by atoms with Gasteiger partial charge in [0.25, 0.3) is 20.2 Å². The van der Waals surface area contributed by atoms with Gasteiger partial charge in [0.15, 0.2) is 6.10 Å². The first-order chi connectivity index (χ1) is 19.3. The van der Waals surface area contributed by atoms with Gasteiger partial charge in [0, 0.05) is 18.6 Å². The third-order valence-electron chi connectivity index (χ3n) is 2.85. The first-order valence-corrected chi connectivity index (χ1v) is 30.5. The number of methoxy groups -OCH3 is 2. The predicted octanol–water partition coefficient (Wildman–Crippen LogP) is 2.60. The number of ether oxygens (including phenoxy) is 3. The number of carboxylic acids is 1. The fourth-order valence-electron chi connectivity index (χ4n) is 1.06. The Morgan fingerprint density at radius 3 is 1.22 bits per heavy atom. The van der Waals surface area contributed by atoms with E-state index in [1.54, 1.807) is 0 Å². The van der Waals surface area contributed by atoms with Gasteiger partial charge < -0.3 is 34.6 Å². The van der Waals surface area contributed by atoms with Gasteiger partial charge in [-0.2, -0.15) is 16.8 Å². The molecule has 45 heavy (non-hydrogen) atoms.